The Morgan fingerprint density at radius 2 is 1.67 bits per heavy atom. The van der Waals surface area contributed by atoms with Gasteiger partial charge in [0.15, 0.2) is 5.65 Å². The molecule has 0 N–H and O–H groups in total. The van der Waals surface area contributed by atoms with Crippen molar-refractivity contribution in [3.05, 3.63) is 47.2 Å². The van der Waals surface area contributed by atoms with Crippen LogP contribution in [0.15, 0.2) is 30.3 Å². The Kier molecular flexibility index (Phi) is 4.78. The molecular weight excluding hydrogens is 351 g/mol. The number of fused-ring (bicyclic) bond motifs is 1. The lowest BCUT2D eigenvalue weighted by Crippen LogP contribution is -2.10. The van der Waals surface area contributed by atoms with Gasteiger partial charge in [-0.1, -0.05) is 52.0 Å². The van der Waals surface area contributed by atoms with Gasteiger partial charge >= 0.3 is 6.18 Å². The highest BCUT2D eigenvalue weighted by atomic mass is 19.4. The number of rotatable bonds is 3. The Hall–Kier alpha value is -2.37. The molecule has 2 aromatic heterocycles. The van der Waals surface area contributed by atoms with E-state index in [2.05, 4.69) is 30.9 Å². The highest BCUT2D eigenvalue weighted by Gasteiger charge is 2.35. The standard InChI is InChI=1S/C21H24F3N3/c1-6-11-27-19-18(13(2)26-27)16(21(22,23)24)12-17(25-19)14-7-9-15(10-8-14)20(3,4)5/h7-10,12H,6,11H2,1-5H3. The molecule has 3 nitrogen and oxygen atoms in total. The monoisotopic (exact) mass is 375 g/mol. The number of hydrogen-bond acceptors (Lipinski definition) is 2. The molecule has 0 unspecified atom stereocenters. The van der Waals surface area contributed by atoms with Gasteiger partial charge in [-0.15, -0.1) is 0 Å². The van der Waals surface area contributed by atoms with Crippen molar-refractivity contribution in [3.8, 4) is 11.3 Å². The summed E-state index contributed by atoms with van der Waals surface area (Å²) in [5.41, 5.74) is 2.04. The van der Waals surface area contributed by atoms with Crippen LogP contribution in [-0.4, -0.2) is 14.8 Å². The Bertz CT molecular complexity index is 961. The third kappa shape index (κ3) is 3.70. The van der Waals surface area contributed by atoms with Crippen LogP contribution in [0.1, 0.15) is 50.9 Å². The van der Waals surface area contributed by atoms with Crippen LogP contribution in [0.25, 0.3) is 22.3 Å². The molecule has 3 rings (SSSR count). The van der Waals surface area contributed by atoms with Crippen LogP contribution in [-0.2, 0) is 18.1 Å². The zero-order valence-electron chi connectivity index (χ0n) is 16.3. The molecule has 27 heavy (non-hydrogen) atoms. The lowest BCUT2D eigenvalue weighted by Gasteiger charge is -2.19. The topological polar surface area (TPSA) is 30.7 Å². The maximum absolute atomic E-state index is 13.7. The third-order valence-electron chi connectivity index (χ3n) is 4.66. The minimum Gasteiger partial charge on any atom is -0.247 e. The first-order valence-corrected chi connectivity index (χ1v) is 9.08. The van der Waals surface area contributed by atoms with E-state index in [1.54, 1.807) is 11.6 Å². The first kappa shape index (κ1) is 19.4. The molecule has 0 saturated carbocycles. The van der Waals surface area contributed by atoms with Crippen molar-refractivity contribution in [2.45, 2.75) is 59.2 Å². The van der Waals surface area contributed by atoms with E-state index in [-0.39, 0.29) is 10.8 Å². The molecule has 3 aromatic rings. The molecule has 144 valence electrons. The van der Waals surface area contributed by atoms with E-state index in [1.165, 1.54) is 0 Å². The van der Waals surface area contributed by atoms with E-state index in [1.807, 2.05) is 31.2 Å². The summed E-state index contributed by atoms with van der Waals surface area (Å²) in [4.78, 5) is 4.55. The van der Waals surface area contributed by atoms with E-state index < -0.39 is 11.7 Å². The summed E-state index contributed by atoms with van der Waals surface area (Å²) in [5, 5.41) is 4.38. The van der Waals surface area contributed by atoms with Crippen molar-refractivity contribution in [2.75, 3.05) is 0 Å². The Morgan fingerprint density at radius 3 is 2.19 bits per heavy atom. The van der Waals surface area contributed by atoms with E-state index in [9.17, 15) is 13.2 Å². The summed E-state index contributed by atoms with van der Waals surface area (Å²) in [5.74, 6) is 0. The Balaban J connectivity index is 2.23. The summed E-state index contributed by atoms with van der Waals surface area (Å²) in [7, 11) is 0. The van der Waals surface area contributed by atoms with Gasteiger partial charge in [0.05, 0.1) is 22.3 Å². The van der Waals surface area contributed by atoms with Gasteiger partial charge in [-0.3, -0.25) is 0 Å². The van der Waals surface area contributed by atoms with Gasteiger partial charge in [-0.2, -0.15) is 18.3 Å². The molecule has 6 heteroatoms. The van der Waals surface area contributed by atoms with Gasteiger partial charge in [-0.25, -0.2) is 9.67 Å². The number of alkyl halides is 3. The van der Waals surface area contributed by atoms with E-state index in [4.69, 9.17) is 0 Å². The number of aryl methyl sites for hydroxylation is 2. The lowest BCUT2D eigenvalue weighted by molar-refractivity contribution is -0.136. The van der Waals surface area contributed by atoms with E-state index in [0.29, 0.717) is 29.1 Å². The van der Waals surface area contributed by atoms with Gasteiger partial charge in [0.1, 0.15) is 0 Å². The number of halogens is 3. The van der Waals surface area contributed by atoms with Crippen molar-refractivity contribution in [3.63, 3.8) is 0 Å². The molecular formula is C21H24F3N3. The molecule has 0 saturated heterocycles. The van der Waals surface area contributed by atoms with Crippen molar-refractivity contribution >= 4 is 11.0 Å². The third-order valence-corrected chi connectivity index (χ3v) is 4.66. The number of aromatic nitrogens is 3. The van der Waals surface area contributed by atoms with Gasteiger partial charge in [0.2, 0.25) is 0 Å². The largest absolute Gasteiger partial charge is 0.417 e. The zero-order chi connectivity index (χ0) is 20.0. The highest BCUT2D eigenvalue weighted by Crippen LogP contribution is 2.38. The van der Waals surface area contributed by atoms with Crippen LogP contribution >= 0.6 is 0 Å². The summed E-state index contributed by atoms with van der Waals surface area (Å²) >= 11 is 0. The zero-order valence-corrected chi connectivity index (χ0v) is 16.3. The molecule has 0 amide bonds. The van der Waals surface area contributed by atoms with Gasteiger partial charge < -0.3 is 0 Å². The first-order valence-electron chi connectivity index (χ1n) is 9.08. The second kappa shape index (κ2) is 6.66. The summed E-state index contributed by atoms with van der Waals surface area (Å²) in [6, 6.07) is 8.70. The van der Waals surface area contributed by atoms with E-state index in [0.717, 1.165) is 18.1 Å². The predicted octanol–water partition coefficient (Wildman–Crippen LogP) is 6.13. The van der Waals surface area contributed by atoms with Gasteiger partial charge in [-0.05, 0) is 30.4 Å². The van der Waals surface area contributed by atoms with Crippen molar-refractivity contribution in [1.29, 1.82) is 0 Å². The molecule has 0 atom stereocenters. The fraction of sp³-hybridized carbons (Fsp3) is 0.429. The quantitative estimate of drug-likeness (QED) is 0.551. The molecule has 0 spiro atoms. The average molecular weight is 375 g/mol. The fourth-order valence-electron chi connectivity index (χ4n) is 3.23. The summed E-state index contributed by atoms with van der Waals surface area (Å²) in [6.07, 6.45) is -3.70. The average Bonchev–Trinajstić information content (AvgIpc) is 2.89. The van der Waals surface area contributed by atoms with Crippen LogP contribution < -0.4 is 0 Å². The molecule has 0 fully saturated rings. The molecule has 0 aliphatic heterocycles. The highest BCUT2D eigenvalue weighted by molar-refractivity contribution is 5.85. The van der Waals surface area contributed by atoms with Crippen LogP contribution in [0.4, 0.5) is 13.2 Å². The van der Waals surface area contributed by atoms with Crippen LogP contribution in [0, 0.1) is 6.92 Å². The number of hydrogen-bond donors (Lipinski definition) is 0. The molecule has 0 bridgehead atoms. The van der Waals surface area contributed by atoms with E-state index >= 15 is 0 Å². The SMILES string of the molecule is CCCn1nc(C)c2c(C(F)(F)F)cc(-c3ccc(C(C)(C)C)cc3)nc21. The predicted molar refractivity (Wildman–Crippen MR) is 102 cm³/mol. The number of pyridine rings is 1. The lowest BCUT2D eigenvalue weighted by atomic mass is 9.86. The molecule has 0 radical (unpaired) electrons. The van der Waals surface area contributed by atoms with Crippen LogP contribution in [0.2, 0.25) is 0 Å². The first-order chi connectivity index (χ1) is 12.5. The summed E-state index contributed by atoms with van der Waals surface area (Å²) < 4.78 is 42.8. The normalized spacial score (nSPS) is 12.7. The minimum atomic E-state index is -4.47. The smallest absolute Gasteiger partial charge is 0.247 e. The molecule has 1 aromatic carbocycles. The second-order valence-corrected chi connectivity index (χ2v) is 7.89. The van der Waals surface area contributed by atoms with Crippen molar-refractivity contribution < 1.29 is 13.2 Å². The Labute approximate surface area is 157 Å². The molecule has 2 heterocycles. The van der Waals surface area contributed by atoms with Gasteiger partial charge in [0, 0.05) is 12.1 Å². The maximum Gasteiger partial charge on any atom is 0.417 e. The van der Waals surface area contributed by atoms with Crippen molar-refractivity contribution in [1.82, 2.24) is 14.8 Å². The fourth-order valence-corrected chi connectivity index (χ4v) is 3.23. The van der Waals surface area contributed by atoms with Gasteiger partial charge in [0.25, 0.3) is 0 Å². The summed E-state index contributed by atoms with van der Waals surface area (Å²) in [6.45, 7) is 10.4. The number of nitrogens with zero attached hydrogens (tertiary/aromatic N) is 3. The second-order valence-electron chi connectivity index (χ2n) is 7.89. The number of benzene rings is 1. The minimum absolute atomic E-state index is 0.0239. The van der Waals surface area contributed by atoms with Crippen molar-refractivity contribution in [2.24, 2.45) is 0 Å². The van der Waals surface area contributed by atoms with Crippen LogP contribution in [0.5, 0.6) is 0 Å². The van der Waals surface area contributed by atoms with Crippen LogP contribution in [0.3, 0.4) is 0 Å². The molecule has 0 aliphatic rings. The maximum atomic E-state index is 13.7. The Morgan fingerprint density at radius 1 is 1.04 bits per heavy atom. The molecule has 0 aliphatic carbocycles.